The number of carbonyl (C=O) groups is 1. The molecule has 2 N–H and O–H groups in total. The SMILES string of the molecule is Cc1cc(C(=O)OCCCC#N)cc(S(N)(=O)=O)c1C. The fourth-order valence-electron chi connectivity index (χ4n) is 1.64. The molecule has 0 atom stereocenters. The molecule has 7 heteroatoms. The van der Waals surface area contributed by atoms with Gasteiger partial charge in [-0.05, 0) is 43.5 Å². The average molecular weight is 296 g/mol. The van der Waals surface area contributed by atoms with Gasteiger partial charge in [0.15, 0.2) is 0 Å². The van der Waals surface area contributed by atoms with Gasteiger partial charge >= 0.3 is 5.97 Å². The fraction of sp³-hybridized carbons (Fsp3) is 0.385. The zero-order valence-corrected chi connectivity index (χ0v) is 12.2. The average Bonchev–Trinajstić information content (AvgIpc) is 2.36. The number of ether oxygens (including phenoxy) is 1. The summed E-state index contributed by atoms with van der Waals surface area (Å²) >= 11 is 0. The number of sulfonamides is 1. The first-order valence-corrected chi connectivity index (χ1v) is 7.50. The van der Waals surface area contributed by atoms with Gasteiger partial charge in [0, 0.05) is 6.42 Å². The standard InChI is InChI=1S/C13H16N2O4S/c1-9-7-11(13(16)19-6-4-3-5-14)8-12(10(9)2)20(15,17)18/h7-8H,3-4,6H2,1-2H3,(H2,15,17,18). The lowest BCUT2D eigenvalue weighted by atomic mass is 10.1. The molecule has 0 radical (unpaired) electrons. The Balaban J connectivity index is 3.00. The van der Waals surface area contributed by atoms with E-state index in [1.54, 1.807) is 19.9 Å². The maximum Gasteiger partial charge on any atom is 0.338 e. The summed E-state index contributed by atoms with van der Waals surface area (Å²) in [5, 5.41) is 13.5. The first kappa shape index (κ1) is 16.1. The number of aryl methyl sites for hydroxylation is 1. The normalized spacial score (nSPS) is 10.9. The highest BCUT2D eigenvalue weighted by Gasteiger charge is 2.18. The Bertz CT molecular complexity index is 660. The maximum absolute atomic E-state index is 11.8. The molecule has 0 bridgehead atoms. The summed E-state index contributed by atoms with van der Waals surface area (Å²) in [5.41, 5.74) is 1.28. The van der Waals surface area contributed by atoms with Gasteiger partial charge in [0.1, 0.15) is 0 Å². The van der Waals surface area contributed by atoms with E-state index in [4.69, 9.17) is 15.1 Å². The number of nitriles is 1. The molecule has 0 fully saturated rings. The van der Waals surface area contributed by atoms with E-state index in [1.807, 2.05) is 6.07 Å². The third-order valence-electron chi connectivity index (χ3n) is 2.83. The number of nitrogens with zero attached hydrogens (tertiary/aromatic N) is 1. The number of nitrogens with two attached hydrogens (primary N) is 1. The zero-order chi connectivity index (χ0) is 15.3. The summed E-state index contributed by atoms with van der Waals surface area (Å²) in [6.45, 7) is 3.43. The summed E-state index contributed by atoms with van der Waals surface area (Å²) in [7, 11) is -3.89. The minimum absolute atomic E-state index is 0.0820. The molecule has 0 aliphatic rings. The number of hydrogen-bond donors (Lipinski definition) is 1. The molecule has 1 aromatic carbocycles. The van der Waals surface area contributed by atoms with Crippen molar-refractivity contribution in [3.8, 4) is 6.07 Å². The molecule has 0 heterocycles. The van der Waals surface area contributed by atoms with Gasteiger partial charge in [-0.2, -0.15) is 5.26 Å². The molecule has 1 rings (SSSR count). The van der Waals surface area contributed by atoms with E-state index in [0.717, 1.165) is 0 Å². The van der Waals surface area contributed by atoms with Crippen molar-refractivity contribution in [1.82, 2.24) is 0 Å². The third kappa shape index (κ3) is 4.05. The number of hydrogen-bond acceptors (Lipinski definition) is 5. The summed E-state index contributed by atoms with van der Waals surface area (Å²) in [5.74, 6) is -0.629. The number of carbonyl (C=O) groups excluding carboxylic acids is 1. The van der Waals surface area contributed by atoms with Gasteiger partial charge in [0.25, 0.3) is 0 Å². The summed E-state index contributed by atoms with van der Waals surface area (Å²) in [4.78, 5) is 11.7. The molecule has 0 spiro atoms. The maximum atomic E-state index is 11.8. The van der Waals surface area contributed by atoms with Crippen molar-refractivity contribution >= 4 is 16.0 Å². The fourth-order valence-corrected chi connectivity index (χ4v) is 2.52. The lowest BCUT2D eigenvalue weighted by Crippen LogP contribution is -2.16. The van der Waals surface area contributed by atoms with Crippen molar-refractivity contribution in [2.75, 3.05) is 6.61 Å². The van der Waals surface area contributed by atoms with Crippen LogP contribution in [0.2, 0.25) is 0 Å². The van der Waals surface area contributed by atoms with Crippen LogP contribution in [0.4, 0.5) is 0 Å². The van der Waals surface area contributed by atoms with Crippen LogP contribution in [0.1, 0.15) is 34.3 Å². The molecule has 0 amide bonds. The Labute approximate surface area is 118 Å². The Kier molecular flexibility index (Phi) is 5.25. The van der Waals surface area contributed by atoms with Gasteiger partial charge in [-0.3, -0.25) is 0 Å². The number of rotatable bonds is 5. The second-order valence-electron chi connectivity index (χ2n) is 4.36. The molecule has 0 aliphatic carbocycles. The number of unbranched alkanes of at least 4 members (excludes halogenated alkanes) is 1. The van der Waals surface area contributed by atoms with Gasteiger partial charge in [0.05, 0.1) is 23.1 Å². The third-order valence-corrected chi connectivity index (χ3v) is 3.87. The molecule has 0 saturated carbocycles. The molecule has 0 aromatic heterocycles. The summed E-state index contributed by atoms with van der Waals surface area (Å²) < 4.78 is 27.9. The van der Waals surface area contributed by atoms with Gasteiger partial charge < -0.3 is 4.74 Å². The number of benzene rings is 1. The van der Waals surface area contributed by atoms with Crippen LogP contribution in [0, 0.1) is 25.2 Å². The predicted octanol–water partition coefficient (Wildman–Crippen LogP) is 1.41. The molecular formula is C13H16N2O4S. The van der Waals surface area contributed by atoms with E-state index in [-0.39, 0.29) is 17.1 Å². The van der Waals surface area contributed by atoms with Gasteiger partial charge in [-0.25, -0.2) is 18.4 Å². The second-order valence-corrected chi connectivity index (χ2v) is 5.89. The van der Waals surface area contributed by atoms with Crippen molar-refractivity contribution in [2.24, 2.45) is 5.14 Å². The Morgan fingerprint density at radius 3 is 2.60 bits per heavy atom. The van der Waals surface area contributed by atoms with Crippen LogP contribution in [0.3, 0.4) is 0 Å². The highest BCUT2D eigenvalue weighted by molar-refractivity contribution is 7.89. The Morgan fingerprint density at radius 1 is 1.40 bits per heavy atom. The Hall–Kier alpha value is -1.91. The van der Waals surface area contributed by atoms with E-state index >= 15 is 0 Å². The number of esters is 1. The van der Waals surface area contributed by atoms with Crippen molar-refractivity contribution in [3.63, 3.8) is 0 Å². The molecule has 108 valence electrons. The van der Waals surface area contributed by atoms with E-state index in [2.05, 4.69) is 0 Å². The van der Waals surface area contributed by atoms with Crippen LogP contribution in [-0.4, -0.2) is 21.0 Å². The van der Waals surface area contributed by atoms with Crippen molar-refractivity contribution < 1.29 is 17.9 Å². The molecular weight excluding hydrogens is 280 g/mol. The number of primary sulfonamides is 1. The van der Waals surface area contributed by atoms with E-state index in [9.17, 15) is 13.2 Å². The lowest BCUT2D eigenvalue weighted by molar-refractivity contribution is 0.0501. The molecule has 6 nitrogen and oxygen atoms in total. The highest BCUT2D eigenvalue weighted by atomic mass is 32.2. The van der Waals surface area contributed by atoms with Crippen molar-refractivity contribution in [2.45, 2.75) is 31.6 Å². The first-order valence-electron chi connectivity index (χ1n) is 5.95. The van der Waals surface area contributed by atoms with Gasteiger partial charge in [-0.1, -0.05) is 0 Å². The van der Waals surface area contributed by atoms with E-state index in [1.165, 1.54) is 6.07 Å². The Morgan fingerprint density at radius 2 is 2.05 bits per heavy atom. The molecule has 1 aromatic rings. The minimum atomic E-state index is -3.89. The van der Waals surface area contributed by atoms with E-state index in [0.29, 0.717) is 24.0 Å². The van der Waals surface area contributed by atoms with Crippen LogP contribution in [0.15, 0.2) is 17.0 Å². The molecule has 0 saturated heterocycles. The molecule has 20 heavy (non-hydrogen) atoms. The lowest BCUT2D eigenvalue weighted by Gasteiger charge is -2.10. The molecule has 0 unspecified atom stereocenters. The topological polar surface area (TPSA) is 110 Å². The summed E-state index contributed by atoms with van der Waals surface area (Å²) in [6, 6.07) is 4.70. The van der Waals surface area contributed by atoms with Gasteiger partial charge in [-0.15, -0.1) is 0 Å². The van der Waals surface area contributed by atoms with Crippen LogP contribution < -0.4 is 5.14 Å². The zero-order valence-electron chi connectivity index (χ0n) is 11.3. The van der Waals surface area contributed by atoms with Gasteiger partial charge in [0.2, 0.25) is 10.0 Å². The predicted molar refractivity (Wildman–Crippen MR) is 72.4 cm³/mol. The van der Waals surface area contributed by atoms with Crippen molar-refractivity contribution in [3.05, 3.63) is 28.8 Å². The quantitative estimate of drug-likeness (QED) is 0.652. The van der Waals surface area contributed by atoms with Crippen LogP contribution in [0.25, 0.3) is 0 Å². The largest absolute Gasteiger partial charge is 0.462 e. The minimum Gasteiger partial charge on any atom is -0.462 e. The van der Waals surface area contributed by atoms with Crippen LogP contribution in [0.5, 0.6) is 0 Å². The first-order chi connectivity index (χ1) is 9.27. The molecule has 0 aliphatic heterocycles. The smallest absolute Gasteiger partial charge is 0.338 e. The van der Waals surface area contributed by atoms with E-state index < -0.39 is 16.0 Å². The monoisotopic (exact) mass is 296 g/mol. The van der Waals surface area contributed by atoms with Crippen molar-refractivity contribution in [1.29, 1.82) is 5.26 Å². The van der Waals surface area contributed by atoms with Crippen LogP contribution >= 0.6 is 0 Å². The second kappa shape index (κ2) is 6.50. The highest BCUT2D eigenvalue weighted by Crippen LogP contribution is 2.20. The summed E-state index contributed by atoms with van der Waals surface area (Å²) in [6.07, 6.45) is 0.734. The van der Waals surface area contributed by atoms with Crippen LogP contribution in [-0.2, 0) is 14.8 Å².